The minimum atomic E-state index is -0.920. The van der Waals surface area contributed by atoms with Crippen LogP contribution >= 0.6 is 24.2 Å². The van der Waals surface area contributed by atoms with Crippen LogP contribution in [0.1, 0.15) is 13.8 Å². The van der Waals surface area contributed by atoms with E-state index >= 15 is 0 Å². The number of carbonyl (C=O) groups excluding carboxylic acids is 1. The summed E-state index contributed by atoms with van der Waals surface area (Å²) in [7, 11) is 0. The van der Waals surface area contributed by atoms with E-state index in [1.54, 1.807) is 38.1 Å². The average Bonchev–Trinajstić information content (AvgIpc) is 2.08. The first-order valence-electron chi connectivity index (χ1n) is 4.10. The third kappa shape index (κ3) is 2.93. The molecule has 2 nitrogen and oxygen atoms in total. The van der Waals surface area contributed by atoms with Crippen molar-refractivity contribution in [1.82, 2.24) is 0 Å². The summed E-state index contributed by atoms with van der Waals surface area (Å²) in [5.41, 5.74) is -0.920. The van der Waals surface area contributed by atoms with Crippen molar-refractivity contribution in [2.75, 3.05) is 0 Å². The van der Waals surface area contributed by atoms with Gasteiger partial charge in [-0.3, -0.25) is 4.79 Å². The SMILES string of the molecule is CC(C)(Oc1ccc(Cl)cc1)C(=O)S. The molecule has 0 spiro atoms. The van der Waals surface area contributed by atoms with Crippen LogP contribution in [-0.4, -0.2) is 10.7 Å². The second-order valence-electron chi connectivity index (χ2n) is 3.37. The number of ether oxygens (including phenoxy) is 1. The quantitative estimate of drug-likeness (QED) is 0.809. The molecule has 4 heteroatoms. The van der Waals surface area contributed by atoms with Crippen LogP contribution < -0.4 is 4.74 Å². The summed E-state index contributed by atoms with van der Waals surface area (Å²) in [4.78, 5) is 11.0. The third-order valence-corrected chi connectivity index (χ3v) is 2.49. The van der Waals surface area contributed by atoms with E-state index in [1.807, 2.05) is 0 Å². The highest BCUT2D eigenvalue weighted by Crippen LogP contribution is 2.21. The summed E-state index contributed by atoms with van der Waals surface area (Å²) in [6, 6.07) is 6.83. The molecule has 0 heterocycles. The molecule has 76 valence electrons. The van der Waals surface area contributed by atoms with Crippen LogP contribution in [0, 0.1) is 0 Å². The lowest BCUT2D eigenvalue weighted by molar-refractivity contribution is -0.122. The molecule has 0 aliphatic rings. The van der Waals surface area contributed by atoms with Crippen molar-refractivity contribution in [3.8, 4) is 5.75 Å². The first kappa shape index (κ1) is 11.4. The van der Waals surface area contributed by atoms with E-state index in [0.717, 1.165) is 0 Å². The smallest absolute Gasteiger partial charge is 0.228 e. The van der Waals surface area contributed by atoms with Crippen molar-refractivity contribution in [1.29, 1.82) is 0 Å². The third-order valence-electron chi connectivity index (χ3n) is 1.70. The van der Waals surface area contributed by atoms with Gasteiger partial charge in [0, 0.05) is 5.02 Å². The van der Waals surface area contributed by atoms with Crippen LogP contribution in [0.25, 0.3) is 0 Å². The molecule has 0 saturated carbocycles. The lowest BCUT2D eigenvalue weighted by Gasteiger charge is -2.22. The molecule has 1 rings (SSSR count). The number of rotatable bonds is 3. The predicted molar refractivity (Wildman–Crippen MR) is 60.2 cm³/mol. The van der Waals surface area contributed by atoms with Crippen LogP contribution in [0.5, 0.6) is 5.75 Å². The number of benzene rings is 1. The zero-order chi connectivity index (χ0) is 10.8. The molecule has 0 atom stereocenters. The Labute approximate surface area is 93.6 Å². The number of carbonyl (C=O) groups is 1. The van der Waals surface area contributed by atoms with Crippen molar-refractivity contribution < 1.29 is 9.53 Å². The average molecular weight is 231 g/mol. The highest BCUT2D eigenvalue weighted by Gasteiger charge is 2.26. The molecule has 0 radical (unpaired) electrons. The summed E-state index contributed by atoms with van der Waals surface area (Å²) >= 11 is 9.45. The number of hydrogen-bond donors (Lipinski definition) is 1. The molecule has 0 fully saturated rings. The molecule has 0 aliphatic heterocycles. The van der Waals surface area contributed by atoms with Crippen molar-refractivity contribution in [2.45, 2.75) is 19.4 Å². The van der Waals surface area contributed by atoms with Gasteiger partial charge in [-0.15, -0.1) is 12.6 Å². The van der Waals surface area contributed by atoms with Gasteiger partial charge in [0.1, 0.15) is 5.75 Å². The van der Waals surface area contributed by atoms with Gasteiger partial charge in [-0.25, -0.2) is 0 Å². The summed E-state index contributed by atoms with van der Waals surface area (Å²) in [6.07, 6.45) is 0. The molecule has 14 heavy (non-hydrogen) atoms. The fourth-order valence-corrected chi connectivity index (χ4v) is 1.01. The topological polar surface area (TPSA) is 26.3 Å². The minimum absolute atomic E-state index is 0.313. The summed E-state index contributed by atoms with van der Waals surface area (Å²) in [5, 5.41) is 0.319. The fourth-order valence-electron chi connectivity index (χ4n) is 0.841. The van der Waals surface area contributed by atoms with Gasteiger partial charge >= 0.3 is 0 Å². The van der Waals surface area contributed by atoms with Crippen LogP contribution in [0.2, 0.25) is 5.02 Å². The lowest BCUT2D eigenvalue weighted by atomic mass is 10.1. The van der Waals surface area contributed by atoms with E-state index in [2.05, 4.69) is 12.6 Å². The Morgan fingerprint density at radius 1 is 1.36 bits per heavy atom. The molecule has 1 aromatic carbocycles. The number of hydrogen-bond acceptors (Lipinski definition) is 2. The Hall–Kier alpha value is -0.670. The van der Waals surface area contributed by atoms with Crippen molar-refractivity contribution in [2.24, 2.45) is 0 Å². The lowest BCUT2D eigenvalue weighted by Crippen LogP contribution is -2.34. The predicted octanol–water partition coefficient (Wildman–Crippen LogP) is 2.95. The molecular formula is C10H11ClO2S. The van der Waals surface area contributed by atoms with Gasteiger partial charge in [0.2, 0.25) is 5.12 Å². The van der Waals surface area contributed by atoms with Gasteiger partial charge in [0.25, 0.3) is 0 Å². The van der Waals surface area contributed by atoms with Gasteiger partial charge in [-0.2, -0.15) is 0 Å². The van der Waals surface area contributed by atoms with E-state index in [4.69, 9.17) is 16.3 Å². The van der Waals surface area contributed by atoms with Crippen LogP contribution in [-0.2, 0) is 4.79 Å². The van der Waals surface area contributed by atoms with E-state index in [1.165, 1.54) is 0 Å². The molecule has 1 aromatic rings. The largest absolute Gasteiger partial charge is 0.479 e. The highest BCUT2D eigenvalue weighted by atomic mass is 35.5. The van der Waals surface area contributed by atoms with E-state index in [0.29, 0.717) is 10.8 Å². The maximum absolute atomic E-state index is 11.0. The molecule has 0 aliphatic carbocycles. The van der Waals surface area contributed by atoms with E-state index < -0.39 is 5.60 Å². The molecule has 0 amide bonds. The molecule has 0 aromatic heterocycles. The molecule has 0 N–H and O–H groups in total. The summed E-state index contributed by atoms with van der Waals surface area (Å²) < 4.78 is 5.43. The van der Waals surface area contributed by atoms with Crippen molar-refractivity contribution in [3.63, 3.8) is 0 Å². The first-order valence-corrected chi connectivity index (χ1v) is 4.92. The zero-order valence-electron chi connectivity index (χ0n) is 7.95. The summed E-state index contributed by atoms with van der Waals surface area (Å²) in [5.74, 6) is 0.599. The first-order chi connectivity index (χ1) is 6.42. The monoisotopic (exact) mass is 230 g/mol. The number of thiol groups is 1. The second-order valence-corrected chi connectivity index (χ2v) is 4.21. The van der Waals surface area contributed by atoms with E-state index in [-0.39, 0.29) is 5.12 Å². The maximum atomic E-state index is 11.0. The Bertz CT molecular complexity index is 332. The molecular weight excluding hydrogens is 220 g/mol. The maximum Gasteiger partial charge on any atom is 0.228 e. The molecule has 0 bridgehead atoms. The summed E-state index contributed by atoms with van der Waals surface area (Å²) in [6.45, 7) is 3.33. The normalized spacial score (nSPS) is 11.1. The highest BCUT2D eigenvalue weighted by molar-refractivity contribution is 7.96. The minimum Gasteiger partial charge on any atom is -0.479 e. The van der Waals surface area contributed by atoms with Crippen LogP contribution in [0.15, 0.2) is 24.3 Å². The Morgan fingerprint density at radius 3 is 2.29 bits per heavy atom. The van der Waals surface area contributed by atoms with Gasteiger partial charge in [0.15, 0.2) is 5.60 Å². The Balaban J connectivity index is 2.79. The van der Waals surface area contributed by atoms with Crippen molar-refractivity contribution >= 4 is 29.3 Å². The second kappa shape index (κ2) is 4.24. The van der Waals surface area contributed by atoms with E-state index in [9.17, 15) is 4.79 Å². The van der Waals surface area contributed by atoms with Gasteiger partial charge in [-0.05, 0) is 38.1 Å². The van der Waals surface area contributed by atoms with Crippen molar-refractivity contribution in [3.05, 3.63) is 29.3 Å². The van der Waals surface area contributed by atoms with Gasteiger partial charge in [0.05, 0.1) is 0 Å². The fraction of sp³-hybridized carbons (Fsp3) is 0.300. The van der Waals surface area contributed by atoms with Crippen LogP contribution in [0.3, 0.4) is 0 Å². The Morgan fingerprint density at radius 2 is 1.86 bits per heavy atom. The zero-order valence-corrected chi connectivity index (χ0v) is 9.60. The van der Waals surface area contributed by atoms with Crippen LogP contribution in [0.4, 0.5) is 0 Å². The van der Waals surface area contributed by atoms with Gasteiger partial charge < -0.3 is 4.74 Å². The molecule has 0 unspecified atom stereocenters. The molecule has 0 saturated heterocycles. The number of halogens is 1. The standard InChI is InChI=1S/C10H11ClO2S/c1-10(2,9(12)14)13-8-5-3-7(11)4-6-8/h3-6H,1-2H3,(H,12,14). The van der Waals surface area contributed by atoms with Gasteiger partial charge in [-0.1, -0.05) is 11.6 Å². The Kier molecular flexibility index (Phi) is 3.45.